The van der Waals surface area contributed by atoms with Gasteiger partial charge in [0.25, 0.3) is 0 Å². The predicted octanol–water partition coefficient (Wildman–Crippen LogP) is 3.52. The molecule has 0 unspecified atom stereocenters. The molecule has 0 saturated heterocycles. The van der Waals surface area contributed by atoms with Crippen LogP contribution in [-0.2, 0) is 20.7 Å². The molecule has 1 N–H and O–H groups in total. The molecule has 0 bridgehead atoms. The molecule has 1 heterocycles. The molecule has 1 aromatic carbocycles. The molecule has 0 atom stereocenters. The number of ether oxygens (including phenoxy) is 1. The van der Waals surface area contributed by atoms with Crippen molar-refractivity contribution < 1.29 is 19.1 Å². The maximum atomic E-state index is 12.1. The molecule has 2 rings (SSSR count). The van der Waals surface area contributed by atoms with Gasteiger partial charge in [-0.25, -0.2) is 4.79 Å². The second-order valence-electron chi connectivity index (χ2n) is 5.42. The molecule has 0 spiro atoms. The van der Waals surface area contributed by atoms with Crippen molar-refractivity contribution in [3.8, 4) is 0 Å². The molecule has 0 radical (unpaired) electrons. The average molecular weight is 392 g/mol. The molecule has 0 aliphatic rings. The van der Waals surface area contributed by atoms with Crippen molar-refractivity contribution in [2.75, 3.05) is 13.2 Å². The normalized spacial score (nSPS) is 10.7. The minimum Gasteiger partial charge on any atom is -0.454 e. The van der Waals surface area contributed by atoms with Crippen LogP contribution in [0.2, 0.25) is 5.02 Å². The van der Waals surface area contributed by atoms with Crippen molar-refractivity contribution in [2.24, 2.45) is 0 Å². The number of Topliss-reactive ketones (excluding diaryl/α,β-unsaturated/α-hetero) is 1. The highest BCUT2D eigenvalue weighted by Gasteiger charge is 2.11. The number of esters is 1. The highest BCUT2D eigenvalue weighted by atomic mass is 35.5. The number of carbonyl (C=O) groups is 3. The van der Waals surface area contributed by atoms with Crippen molar-refractivity contribution in [1.82, 2.24) is 5.32 Å². The summed E-state index contributed by atoms with van der Waals surface area (Å²) in [5, 5.41) is 3.27. The quantitative estimate of drug-likeness (QED) is 0.424. The van der Waals surface area contributed by atoms with E-state index in [1.54, 1.807) is 36.4 Å². The maximum absolute atomic E-state index is 12.1. The van der Waals surface area contributed by atoms with E-state index in [4.69, 9.17) is 16.3 Å². The number of thiophene rings is 1. The van der Waals surface area contributed by atoms with Gasteiger partial charge in [0.15, 0.2) is 6.61 Å². The first-order chi connectivity index (χ1) is 12.4. The Labute approximate surface area is 160 Å². The molecule has 1 amide bonds. The van der Waals surface area contributed by atoms with Crippen LogP contribution in [0.25, 0.3) is 6.08 Å². The number of carbonyl (C=O) groups excluding carboxylic acids is 3. The van der Waals surface area contributed by atoms with E-state index in [2.05, 4.69) is 5.32 Å². The minimum absolute atomic E-state index is 0.0874. The second-order valence-corrected chi connectivity index (χ2v) is 7.02. The molecule has 7 heteroatoms. The maximum Gasteiger partial charge on any atom is 0.331 e. The summed E-state index contributed by atoms with van der Waals surface area (Å²) in [5.41, 5.74) is 0.767. The molecular formula is C19H18ClNO4S. The predicted molar refractivity (Wildman–Crippen MR) is 102 cm³/mol. The Kier molecular flexibility index (Phi) is 7.56. The molecule has 26 heavy (non-hydrogen) atoms. The van der Waals surface area contributed by atoms with Gasteiger partial charge in [-0.05, 0) is 42.3 Å². The van der Waals surface area contributed by atoms with Gasteiger partial charge in [-0.3, -0.25) is 9.59 Å². The number of amides is 1. The molecule has 0 aliphatic heterocycles. The Morgan fingerprint density at radius 1 is 1.23 bits per heavy atom. The fourth-order valence-electron chi connectivity index (χ4n) is 2.05. The van der Waals surface area contributed by atoms with Crippen LogP contribution in [0.15, 0.2) is 42.5 Å². The third kappa shape index (κ3) is 6.82. The van der Waals surface area contributed by atoms with Gasteiger partial charge in [-0.15, -0.1) is 11.3 Å². The van der Waals surface area contributed by atoms with Crippen molar-refractivity contribution >= 4 is 46.7 Å². The molecule has 136 valence electrons. The Hall–Kier alpha value is -2.44. The smallest absolute Gasteiger partial charge is 0.331 e. The molecule has 2 aromatic rings. The summed E-state index contributed by atoms with van der Waals surface area (Å²) in [6.07, 6.45) is 3.48. The largest absolute Gasteiger partial charge is 0.454 e. The number of halogens is 1. The van der Waals surface area contributed by atoms with E-state index in [9.17, 15) is 14.4 Å². The zero-order valence-electron chi connectivity index (χ0n) is 14.2. The molecule has 0 fully saturated rings. The molecule has 1 aromatic heterocycles. The highest BCUT2D eigenvalue weighted by Crippen LogP contribution is 2.17. The lowest BCUT2D eigenvalue weighted by atomic mass is 10.2. The summed E-state index contributed by atoms with van der Waals surface area (Å²) in [5.74, 6) is -0.943. The fraction of sp³-hybridized carbons (Fsp3) is 0.211. The van der Waals surface area contributed by atoms with Crippen molar-refractivity contribution in [2.45, 2.75) is 13.3 Å². The lowest BCUT2D eigenvalue weighted by molar-refractivity contribution is -0.136. The van der Waals surface area contributed by atoms with Crippen LogP contribution in [0.3, 0.4) is 0 Å². The summed E-state index contributed by atoms with van der Waals surface area (Å²) >= 11 is 7.20. The van der Waals surface area contributed by atoms with Crippen molar-refractivity contribution in [3.63, 3.8) is 0 Å². The average Bonchev–Trinajstić information content (AvgIpc) is 3.06. The van der Waals surface area contributed by atoms with E-state index in [0.29, 0.717) is 22.9 Å². The SMILES string of the molecule is CC(=O)NCCc1ccc(C(=O)COC(=O)/C=C/c2cccc(Cl)c2)s1. The number of benzene rings is 1. The summed E-state index contributed by atoms with van der Waals surface area (Å²) in [6.45, 7) is 1.66. The molecule has 0 saturated carbocycles. The molecule has 5 nitrogen and oxygen atoms in total. The minimum atomic E-state index is -0.597. The first-order valence-corrected chi connectivity index (χ1v) is 9.10. The van der Waals surface area contributed by atoms with Crippen molar-refractivity contribution in [1.29, 1.82) is 0 Å². The van der Waals surface area contributed by atoms with Crippen LogP contribution in [0, 0.1) is 0 Å². The Balaban J connectivity index is 1.79. The van der Waals surface area contributed by atoms with E-state index < -0.39 is 5.97 Å². The van der Waals surface area contributed by atoms with E-state index in [-0.39, 0.29) is 18.3 Å². The van der Waals surface area contributed by atoms with Gasteiger partial charge in [0, 0.05) is 29.4 Å². The van der Waals surface area contributed by atoms with Crippen LogP contribution in [-0.4, -0.2) is 30.8 Å². The number of hydrogen-bond acceptors (Lipinski definition) is 5. The van der Waals surface area contributed by atoms with Crippen LogP contribution in [0.4, 0.5) is 0 Å². The van der Waals surface area contributed by atoms with E-state index in [1.165, 1.54) is 24.3 Å². The second kappa shape index (κ2) is 9.89. The topological polar surface area (TPSA) is 72.5 Å². The summed E-state index contributed by atoms with van der Waals surface area (Å²) < 4.78 is 4.97. The number of nitrogens with one attached hydrogen (secondary N) is 1. The summed E-state index contributed by atoms with van der Waals surface area (Å²) in [7, 11) is 0. The third-order valence-electron chi connectivity index (χ3n) is 3.29. The standard InChI is InChI=1S/C19H18ClNO4S/c1-13(22)21-10-9-16-6-7-18(26-16)17(23)12-25-19(24)8-5-14-3-2-4-15(20)11-14/h2-8,11H,9-10,12H2,1H3,(H,21,22)/b8-5+. The van der Waals surface area contributed by atoms with Gasteiger partial charge in [0.2, 0.25) is 11.7 Å². The van der Waals surface area contributed by atoms with E-state index in [0.717, 1.165) is 10.4 Å². The van der Waals surface area contributed by atoms with Gasteiger partial charge in [-0.1, -0.05) is 23.7 Å². The Morgan fingerprint density at radius 3 is 2.77 bits per heavy atom. The fourth-order valence-corrected chi connectivity index (χ4v) is 3.18. The third-order valence-corrected chi connectivity index (χ3v) is 4.71. The van der Waals surface area contributed by atoms with E-state index in [1.807, 2.05) is 6.07 Å². The number of rotatable bonds is 8. The van der Waals surface area contributed by atoms with E-state index >= 15 is 0 Å². The highest BCUT2D eigenvalue weighted by molar-refractivity contribution is 7.14. The van der Waals surface area contributed by atoms with Gasteiger partial charge in [0.05, 0.1) is 4.88 Å². The van der Waals surface area contributed by atoms with Crippen LogP contribution < -0.4 is 5.32 Å². The van der Waals surface area contributed by atoms with Crippen LogP contribution >= 0.6 is 22.9 Å². The van der Waals surface area contributed by atoms with Gasteiger partial charge in [-0.2, -0.15) is 0 Å². The van der Waals surface area contributed by atoms with Crippen LogP contribution in [0.5, 0.6) is 0 Å². The lowest BCUT2D eigenvalue weighted by Gasteiger charge is -2.00. The summed E-state index contributed by atoms with van der Waals surface area (Å²) in [4.78, 5) is 36.1. The zero-order chi connectivity index (χ0) is 18.9. The lowest BCUT2D eigenvalue weighted by Crippen LogP contribution is -2.22. The Morgan fingerprint density at radius 2 is 2.04 bits per heavy atom. The number of hydrogen-bond donors (Lipinski definition) is 1. The van der Waals surface area contributed by atoms with Gasteiger partial charge < -0.3 is 10.1 Å². The first-order valence-electron chi connectivity index (χ1n) is 7.91. The van der Waals surface area contributed by atoms with Gasteiger partial charge >= 0.3 is 5.97 Å². The monoisotopic (exact) mass is 391 g/mol. The zero-order valence-corrected chi connectivity index (χ0v) is 15.7. The molecular weight excluding hydrogens is 374 g/mol. The molecule has 0 aliphatic carbocycles. The van der Waals surface area contributed by atoms with Gasteiger partial charge in [0.1, 0.15) is 0 Å². The van der Waals surface area contributed by atoms with Crippen LogP contribution in [0.1, 0.15) is 27.0 Å². The van der Waals surface area contributed by atoms with Crippen molar-refractivity contribution in [3.05, 3.63) is 62.8 Å². The first kappa shape index (κ1) is 19.9. The summed E-state index contributed by atoms with van der Waals surface area (Å²) in [6, 6.07) is 10.6. The Bertz CT molecular complexity index is 828. The number of ketones is 1.